The van der Waals surface area contributed by atoms with E-state index in [-0.39, 0.29) is 24.7 Å². The van der Waals surface area contributed by atoms with E-state index in [2.05, 4.69) is 4.98 Å². The van der Waals surface area contributed by atoms with Crippen LogP contribution in [0, 0.1) is 13.8 Å². The highest BCUT2D eigenvalue weighted by molar-refractivity contribution is 7.14. The van der Waals surface area contributed by atoms with E-state index in [9.17, 15) is 14.4 Å². The number of hydrogen-bond donors (Lipinski definition) is 1. The summed E-state index contributed by atoms with van der Waals surface area (Å²) in [5.41, 5.74) is 2.93. The molecule has 0 fully saturated rings. The van der Waals surface area contributed by atoms with E-state index in [0.717, 1.165) is 25.7 Å². The predicted molar refractivity (Wildman–Crippen MR) is 102 cm³/mol. The summed E-state index contributed by atoms with van der Waals surface area (Å²) in [5, 5.41) is 0. The molecular weight excluding hydrogens is 366 g/mol. The van der Waals surface area contributed by atoms with Gasteiger partial charge in [-0.05, 0) is 63.6 Å². The molecule has 1 aliphatic carbocycles. The lowest BCUT2D eigenvalue weighted by molar-refractivity contribution is 0.0477. The molecule has 6 nitrogen and oxygen atoms in total. The smallest absolute Gasteiger partial charge is 0.348 e. The molecule has 144 valence electrons. The van der Waals surface area contributed by atoms with Crippen LogP contribution >= 0.6 is 11.3 Å². The molecule has 0 atom stereocenters. The van der Waals surface area contributed by atoms with Crippen molar-refractivity contribution in [3.05, 3.63) is 43.9 Å². The van der Waals surface area contributed by atoms with Crippen molar-refractivity contribution in [1.82, 2.24) is 4.98 Å². The zero-order valence-electron chi connectivity index (χ0n) is 15.8. The summed E-state index contributed by atoms with van der Waals surface area (Å²) >= 11 is 1.46. The highest BCUT2D eigenvalue weighted by atomic mass is 32.1. The fraction of sp³-hybridized carbons (Fsp3) is 0.450. The summed E-state index contributed by atoms with van der Waals surface area (Å²) in [6, 6.07) is 1.88. The van der Waals surface area contributed by atoms with Gasteiger partial charge in [0, 0.05) is 10.6 Å². The first-order chi connectivity index (χ1) is 12.9. The molecule has 0 saturated heterocycles. The van der Waals surface area contributed by atoms with E-state index in [1.54, 1.807) is 20.8 Å². The molecule has 1 N–H and O–H groups in total. The van der Waals surface area contributed by atoms with Crippen molar-refractivity contribution in [1.29, 1.82) is 0 Å². The standard InChI is InChI=1S/C20H23NO5S/c1-4-25-20(24)17-11(2)18(21-12(17)3)14(22)10-26-19(23)16-9-13-7-5-6-8-15(13)27-16/h9,21H,4-8,10H2,1-3H3. The SMILES string of the molecule is CCOC(=O)c1c(C)[nH]c(C(=O)COC(=O)c2cc3c(s2)CCCC3)c1C. The van der Waals surface area contributed by atoms with Crippen LogP contribution in [0.3, 0.4) is 0 Å². The Morgan fingerprint density at radius 1 is 1.11 bits per heavy atom. The van der Waals surface area contributed by atoms with Crippen molar-refractivity contribution >= 4 is 29.1 Å². The topological polar surface area (TPSA) is 85.5 Å². The summed E-state index contributed by atoms with van der Waals surface area (Å²) in [6.07, 6.45) is 4.29. The van der Waals surface area contributed by atoms with Crippen LogP contribution in [0.5, 0.6) is 0 Å². The number of aryl methyl sites for hydroxylation is 3. The van der Waals surface area contributed by atoms with E-state index >= 15 is 0 Å². The van der Waals surface area contributed by atoms with Gasteiger partial charge in [0.25, 0.3) is 0 Å². The average Bonchev–Trinajstić information content (AvgIpc) is 3.20. The molecule has 0 saturated carbocycles. The van der Waals surface area contributed by atoms with Crippen LogP contribution in [0.4, 0.5) is 0 Å². The number of esters is 2. The number of carbonyl (C=O) groups is 3. The Hall–Kier alpha value is -2.41. The number of carbonyl (C=O) groups excluding carboxylic acids is 3. The third-order valence-corrected chi connectivity index (χ3v) is 5.95. The lowest BCUT2D eigenvalue weighted by Gasteiger charge is -2.08. The molecule has 3 rings (SSSR count). The van der Waals surface area contributed by atoms with Crippen LogP contribution in [0.2, 0.25) is 0 Å². The van der Waals surface area contributed by atoms with Gasteiger partial charge < -0.3 is 14.5 Å². The molecule has 27 heavy (non-hydrogen) atoms. The molecular formula is C20H23NO5S. The number of ether oxygens (including phenoxy) is 2. The number of aromatic nitrogens is 1. The molecule has 0 bridgehead atoms. The van der Waals surface area contributed by atoms with E-state index < -0.39 is 11.9 Å². The fourth-order valence-corrected chi connectivity index (χ4v) is 4.55. The molecule has 0 spiro atoms. The molecule has 0 radical (unpaired) electrons. The van der Waals surface area contributed by atoms with Gasteiger partial charge in [0.05, 0.1) is 17.9 Å². The van der Waals surface area contributed by atoms with E-state index in [1.807, 2.05) is 6.07 Å². The molecule has 7 heteroatoms. The van der Waals surface area contributed by atoms with Gasteiger partial charge in [0.15, 0.2) is 6.61 Å². The number of aromatic amines is 1. The van der Waals surface area contributed by atoms with Gasteiger partial charge in [0.2, 0.25) is 5.78 Å². The van der Waals surface area contributed by atoms with Gasteiger partial charge >= 0.3 is 11.9 Å². The zero-order valence-corrected chi connectivity index (χ0v) is 16.6. The first-order valence-electron chi connectivity index (χ1n) is 9.10. The summed E-state index contributed by atoms with van der Waals surface area (Å²) < 4.78 is 10.2. The minimum atomic E-state index is -0.478. The first kappa shape index (κ1) is 19.4. The molecule has 0 unspecified atom stereocenters. The lowest BCUT2D eigenvalue weighted by Crippen LogP contribution is -2.15. The third kappa shape index (κ3) is 3.98. The Kier molecular flexibility index (Phi) is 5.79. The monoisotopic (exact) mass is 389 g/mol. The Morgan fingerprint density at radius 2 is 1.85 bits per heavy atom. The van der Waals surface area contributed by atoms with E-state index in [1.165, 1.54) is 21.8 Å². The van der Waals surface area contributed by atoms with Gasteiger partial charge in [-0.2, -0.15) is 0 Å². The van der Waals surface area contributed by atoms with Crippen molar-refractivity contribution in [2.24, 2.45) is 0 Å². The Labute approximate surface area is 161 Å². The van der Waals surface area contributed by atoms with Crippen molar-refractivity contribution in [3.8, 4) is 0 Å². The number of Topliss-reactive ketones (excluding diaryl/α,β-unsaturated/α-hetero) is 1. The second-order valence-electron chi connectivity index (χ2n) is 6.61. The normalized spacial score (nSPS) is 13.1. The van der Waals surface area contributed by atoms with Gasteiger partial charge in [0.1, 0.15) is 4.88 Å². The van der Waals surface area contributed by atoms with Crippen LogP contribution in [-0.2, 0) is 22.3 Å². The number of thiophene rings is 1. The van der Waals surface area contributed by atoms with E-state index in [0.29, 0.717) is 21.7 Å². The second kappa shape index (κ2) is 8.08. The molecule has 0 amide bonds. The number of ketones is 1. The number of rotatable bonds is 6. The Morgan fingerprint density at radius 3 is 2.56 bits per heavy atom. The third-order valence-electron chi connectivity index (χ3n) is 4.73. The van der Waals surface area contributed by atoms with Crippen LogP contribution in [0.25, 0.3) is 0 Å². The van der Waals surface area contributed by atoms with Gasteiger partial charge in [-0.3, -0.25) is 4.79 Å². The number of hydrogen-bond acceptors (Lipinski definition) is 6. The number of nitrogens with one attached hydrogen (secondary N) is 1. The van der Waals surface area contributed by atoms with Gasteiger partial charge in [-0.1, -0.05) is 0 Å². The van der Waals surface area contributed by atoms with Gasteiger partial charge in [-0.15, -0.1) is 11.3 Å². The van der Waals surface area contributed by atoms with E-state index in [4.69, 9.17) is 9.47 Å². The minimum absolute atomic E-state index is 0.259. The van der Waals surface area contributed by atoms with Crippen molar-refractivity contribution in [3.63, 3.8) is 0 Å². The van der Waals surface area contributed by atoms with Crippen LogP contribution < -0.4 is 0 Å². The van der Waals surface area contributed by atoms with Crippen molar-refractivity contribution < 1.29 is 23.9 Å². The molecule has 1 aliphatic rings. The number of fused-ring (bicyclic) bond motifs is 1. The summed E-state index contributed by atoms with van der Waals surface area (Å²) in [7, 11) is 0. The molecule has 2 heterocycles. The maximum atomic E-state index is 12.5. The highest BCUT2D eigenvalue weighted by Gasteiger charge is 2.24. The quantitative estimate of drug-likeness (QED) is 0.600. The number of H-pyrrole nitrogens is 1. The second-order valence-corrected chi connectivity index (χ2v) is 7.75. The summed E-state index contributed by atoms with van der Waals surface area (Å²) in [5.74, 6) is -1.32. The van der Waals surface area contributed by atoms with Crippen LogP contribution in [-0.4, -0.2) is 35.9 Å². The maximum absolute atomic E-state index is 12.5. The summed E-state index contributed by atoms with van der Waals surface area (Å²) in [4.78, 5) is 41.5. The largest absolute Gasteiger partial charge is 0.462 e. The lowest BCUT2D eigenvalue weighted by atomic mass is 9.99. The van der Waals surface area contributed by atoms with Gasteiger partial charge in [-0.25, -0.2) is 9.59 Å². The van der Waals surface area contributed by atoms with Crippen molar-refractivity contribution in [2.45, 2.75) is 46.5 Å². The Bertz CT molecular complexity index is 869. The molecule has 0 aromatic carbocycles. The van der Waals surface area contributed by atoms with Crippen LogP contribution in [0.1, 0.15) is 72.0 Å². The maximum Gasteiger partial charge on any atom is 0.348 e. The molecule has 0 aliphatic heterocycles. The first-order valence-corrected chi connectivity index (χ1v) is 9.92. The molecule has 2 aromatic rings. The average molecular weight is 389 g/mol. The molecule has 2 aromatic heterocycles. The Balaban J connectivity index is 1.67. The zero-order chi connectivity index (χ0) is 19.6. The highest BCUT2D eigenvalue weighted by Crippen LogP contribution is 2.30. The summed E-state index contributed by atoms with van der Waals surface area (Å²) in [6.45, 7) is 5.00. The predicted octanol–water partition coefficient (Wildman–Crippen LogP) is 3.79. The fourth-order valence-electron chi connectivity index (χ4n) is 3.40. The van der Waals surface area contributed by atoms with Crippen molar-refractivity contribution in [2.75, 3.05) is 13.2 Å². The minimum Gasteiger partial charge on any atom is -0.462 e. The van der Waals surface area contributed by atoms with Crippen LogP contribution in [0.15, 0.2) is 6.07 Å².